The van der Waals surface area contributed by atoms with Gasteiger partial charge >= 0.3 is 18.0 Å². The van der Waals surface area contributed by atoms with Gasteiger partial charge in [0.25, 0.3) is 10.1 Å². The molecule has 0 heterocycles. The molecule has 1 aromatic carbocycles. The van der Waals surface area contributed by atoms with Gasteiger partial charge in [-0.15, -0.1) is 0 Å². The molecule has 1 aliphatic carbocycles. The first kappa shape index (κ1) is 33.5. The number of alkyl carbamates (subject to hydrolysis) is 1. The average molecular weight is 584 g/mol. The highest BCUT2D eigenvalue weighted by molar-refractivity contribution is 7.86. The Hall–Kier alpha value is -2.66. The van der Waals surface area contributed by atoms with Crippen LogP contribution in [-0.4, -0.2) is 54.9 Å². The molecule has 1 amide bonds. The predicted octanol–water partition coefficient (Wildman–Crippen LogP) is 5.06. The van der Waals surface area contributed by atoms with E-state index in [1.165, 1.54) is 19.1 Å². The first-order valence-corrected chi connectivity index (χ1v) is 14.8. The summed E-state index contributed by atoms with van der Waals surface area (Å²) >= 11 is 0. The second-order valence-corrected chi connectivity index (χ2v) is 15.2. The Balaban J connectivity index is 2.47. The Labute approximate surface area is 238 Å². The molecule has 0 spiro atoms. The fourth-order valence-corrected chi connectivity index (χ4v) is 5.08. The van der Waals surface area contributed by atoms with Crippen LogP contribution >= 0.6 is 0 Å². The summed E-state index contributed by atoms with van der Waals surface area (Å²) in [5.41, 5.74) is -3.40. The third kappa shape index (κ3) is 10.4. The second kappa shape index (κ2) is 11.7. The summed E-state index contributed by atoms with van der Waals surface area (Å²) in [6.07, 6.45) is -2.08. The minimum atomic E-state index is -4.30. The average Bonchev–Trinajstić information content (AvgIpc) is 3.50. The number of hydrogen-bond donors (Lipinski definition) is 1. The summed E-state index contributed by atoms with van der Waals surface area (Å²) < 4.78 is 48.8. The second-order valence-electron chi connectivity index (χ2n) is 13.6. The number of aryl methyl sites for hydroxylation is 1. The number of ether oxygens (including phenoxy) is 3. The largest absolute Gasteiger partial charge is 0.460 e. The van der Waals surface area contributed by atoms with E-state index in [4.69, 9.17) is 18.4 Å². The summed E-state index contributed by atoms with van der Waals surface area (Å²) in [4.78, 5) is 39.0. The van der Waals surface area contributed by atoms with Crippen molar-refractivity contribution in [2.45, 2.75) is 122 Å². The van der Waals surface area contributed by atoms with E-state index in [-0.39, 0.29) is 11.3 Å². The molecule has 1 N–H and O–H groups in total. The smallest absolute Gasteiger partial charge is 0.408 e. The fraction of sp³-hybridized carbons (Fsp3) is 0.690. The minimum absolute atomic E-state index is 0.0726. The van der Waals surface area contributed by atoms with Crippen molar-refractivity contribution in [3.8, 4) is 0 Å². The number of nitrogens with one attached hydrogen (secondary N) is 1. The molecule has 0 saturated heterocycles. The van der Waals surface area contributed by atoms with Gasteiger partial charge < -0.3 is 19.5 Å². The lowest BCUT2D eigenvalue weighted by atomic mass is 9.91. The van der Waals surface area contributed by atoms with Crippen molar-refractivity contribution >= 4 is 28.1 Å². The molecular formula is C29H45NO9S. The van der Waals surface area contributed by atoms with Crippen LogP contribution in [0.1, 0.15) is 87.6 Å². The van der Waals surface area contributed by atoms with Crippen LogP contribution in [0.15, 0.2) is 29.2 Å². The fourth-order valence-electron chi connectivity index (χ4n) is 3.96. The van der Waals surface area contributed by atoms with Crippen LogP contribution in [-0.2, 0) is 38.1 Å². The third-order valence-electron chi connectivity index (χ3n) is 5.82. The molecule has 0 bridgehead atoms. The van der Waals surface area contributed by atoms with Crippen LogP contribution in [0.25, 0.3) is 0 Å². The van der Waals surface area contributed by atoms with E-state index >= 15 is 0 Å². The Morgan fingerprint density at radius 1 is 0.850 bits per heavy atom. The van der Waals surface area contributed by atoms with E-state index in [0.29, 0.717) is 6.42 Å². The van der Waals surface area contributed by atoms with Crippen molar-refractivity contribution in [1.82, 2.24) is 5.32 Å². The normalized spacial score (nSPS) is 20.1. The highest BCUT2D eigenvalue weighted by Gasteiger charge is 2.55. The molecule has 11 heteroatoms. The van der Waals surface area contributed by atoms with E-state index in [1.54, 1.807) is 74.4 Å². The van der Waals surface area contributed by atoms with Crippen LogP contribution in [0, 0.1) is 18.8 Å². The van der Waals surface area contributed by atoms with Crippen LogP contribution in [0.5, 0.6) is 0 Å². The van der Waals surface area contributed by atoms with Crippen LogP contribution in [0.3, 0.4) is 0 Å². The van der Waals surface area contributed by atoms with Crippen molar-refractivity contribution < 1.29 is 41.2 Å². The van der Waals surface area contributed by atoms with Crippen LogP contribution in [0.2, 0.25) is 0 Å². The monoisotopic (exact) mass is 583 g/mol. The molecule has 1 fully saturated rings. The zero-order valence-electron chi connectivity index (χ0n) is 25.5. The Morgan fingerprint density at radius 2 is 1.35 bits per heavy atom. The topological polar surface area (TPSA) is 134 Å². The zero-order valence-corrected chi connectivity index (χ0v) is 26.4. The van der Waals surface area contributed by atoms with Gasteiger partial charge in [0.2, 0.25) is 0 Å². The van der Waals surface area contributed by atoms with Crippen molar-refractivity contribution in [1.29, 1.82) is 0 Å². The van der Waals surface area contributed by atoms with Gasteiger partial charge in [-0.25, -0.2) is 9.59 Å². The first-order chi connectivity index (χ1) is 17.9. The highest BCUT2D eigenvalue weighted by Crippen LogP contribution is 2.47. The van der Waals surface area contributed by atoms with Crippen molar-refractivity contribution in [2.75, 3.05) is 0 Å². The molecule has 10 nitrogen and oxygen atoms in total. The van der Waals surface area contributed by atoms with Gasteiger partial charge in [0.05, 0.1) is 16.9 Å². The maximum Gasteiger partial charge on any atom is 0.408 e. The number of esters is 2. The lowest BCUT2D eigenvalue weighted by molar-refractivity contribution is -0.163. The molecule has 0 aliphatic heterocycles. The molecule has 40 heavy (non-hydrogen) atoms. The Kier molecular flexibility index (Phi) is 9.79. The standard InChI is InChI=1S/C29H45NO9S/c1-18-12-14-19(15-13-18)40(34,35)39-22(20-16-21(20)23(31)36-26(2,3)4)17-29(11,24(32)37-27(5,6)7)30-25(33)38-28(8,9)10/h12-15,20-22H,16-17H2,1-11H3,(H,30,33)/t20-,21-,22+,29-/m1/s1. The number of carbonyl (C=O) groups is 3. The lowest BCUT2D eigenvalue weighted by Crippen LogP contribution is -2.57. The van der Waals surface area contributed by atoms with Crippen LogP contribution in [0.4, 0.5) is 4.79 Å². The number of benzene rings is 1. The molecule has 0 radical (unpaired) electrons. The van der Waals surface area contributed by atoms with Gasteiger partial charge in [-0.2, -0.15) is 8.42 Å². The molecule has 4 atom stereocenters. The van der Waals surface area contributed by atoms with Gasteiger partial charge in [-0.3, -0.25) is 8.98 Å². The Morgan fingerprint density at radius 3 is 1.82 bits per heavy atom. The third-order valence-corrected chi connectivity index (χ3v) is 7.17. The predicted molar refractivity (Wildman–Crippen MR) is 149 cm³/mol. The van der Waals surface area contributed by atoms with E-state index in [0.717, 1.165) is 5.56 Å². The molecule has 0 unspecified atom stereocenters. The van der Waals surface area contributed by atoms with Crippen molar-refractivity contribution in [2.24, 2.45) is 11.8 Å². The van der Waals surface area contributed by atoms with Crippen molar-refractivity contribution in [3.05, 3.63) is 29.8 Å². The molecule has 1 aromatic rings. The summed E-state index contributed by atoms with van der Waals surface area (Å²) in [6, 6.07) is 6.12. The van der Waals surface area contributed by atoms with Crippen LogP contribution < -0.4 is 5.32 Å². The van der Waals surface area contributed by atoms with Gasteiger partial charge in [0.1, 0.15) is 22.3 Å². The molecule has 226 valence electrons. The van der Waals surface area contributed by atoms with Gasteiger partial charge in [-0.1, -0.05) is 17.7 Å². The molecule has 1 aliphatic rings. The van der Waals surface area contributed by atoms with E-state index in [1.807, 2.05) is 6.92 Å². The summed E-state index contributed by atoms with van der Waals surface area (Å²) in [6.45, 7) is 18.5. The molecular weight excluding hydrogens is 538 g/mol. The zero-order chi connectivity index (χ0) is 30.9. The summed E-state index contributed by atoms with van der Waals surface area (Å²) in [5.74, 6) is -2.52. The first-order valence-electron chi connectivity index (χ1n) is 13.4. The quantitative estimate of drug-likeness (QED) is 0.240. The number of carbonyl (C=O) groups excluding carboxylic acids is 3. The Bertz CT molecular complexity index is 1190. The SMILES string of the molecule is Cc1ccc(S(=O)(=O)O[C@@H](C[C@@](C)(NC(=O)OC(C)(C)C)C(=O)OC(C)(C)C)[C@@H]2C[C@H]2C(=O)OC(C)(C)C)cc1. The number of rotatable bonds is 9. The summed E-state index contributed by atoms with van der Waals surface area (Å²) in [7, 11) is -4.30. The maximum atomic E-state index is 13.4. The number of hydrogen-bond acceptors (Lipinski definition) is 9. The van der Waals surface area contributed by atoms with E-state index in [2.05, 4.69) is 5.32 Å². The lowest BCUT2D eigenvalue weighted by Gasteiger charge is -2.35. The van der Waals surface area contributed by atoms with Crippen molar-refractivity contribution in [3.63, 3.8) is 0 Å². The molecule has 2 rings (SSSR count). The van der Waals surface area contributed by atoms with Gasteiger partial charge in [0.15, 0.2) is 0 Å². The highest BCUT2D eigenvalue weighted by atomic mass is 32.2. The van der Waals surface area contributed by atoms with Gasteiger partial charge in [-0.05, 0) is 94.7 Å². The number of amides is 1. The summed E-state index contributed by atoms with van der Waals surface area (Å²) in [5, 5.41) is 2.57. The van der Waals surface area contributed by atoms with E-state index < -0.39 is 68.4 Å². The van der Waals surface area contributed by atoms with Gasteiger partial charge in [0, 0.05) is 12.3 Å². The molecule has 1 saturated carbocycles. The minimum Gasteiger partial charge on any atom is -0.460 e. The van der Waals surface area contributed by atoms with E-state index in [9.17, 15) is 22.8 Å². The molecule has 0 aromatic heterocycles. The maximum absolute atomic E-state index is 13.4.